The van der Waals surface area contributed by atoms with Gasteiger partial charge < -0.3 is 14.3 Å². The molecular weight excluding hydrogens is 350 g/mol. The first-order valence-electron chi connectivity index (χ1n) is 9.16. The summed E-state index contributed by atoms with van der Waals surface area (Å²) >= 11 is 1.74. The van der Waals surface area contributed by atoms with Crippen LogP contribution in [0.2, 0.25) is 0 Å². The highest BCUT2D eigenvalue weighted by molar-refractivity contribution is 7.09. The van der Waals surface area contributed by atoms with Crippen LogP contribution >= 0.6 is 11.3 Å². The summed E-state index contributed by atoms with van der Waals surface area (Å²) in [6.07, 6.45) is 3.18. The van der Waals surface area contributed by atoms with Gasteiger partial charge >= 0.3 is 0 Å². The Bertz CT molecular complexity index is 786. The third-order valence-electron chi connectivity index (χ3n) is 5.45. The van der Waals surface area contributed by atoms with E-state index in [-0.39, 0.29) is 17.9 Å². The zero-order valence-corrected chi connectivity index (χ0v) is 15.7. The molecule has 2 atom stereocenters. The van der Waals surface area contributed by atoms with E-state index in [2.05, 4.69) is 27.6 Å². The summed E-state index contributed by atoms with van der Waals surface area (Å²) in [6, 6.07) is 6.11. The van der Waals surface area contributed by atoms with Crippen molar-refractivity contribution in [2.24, 2.45) is 5.92 Å². The van der Waals surface area contributed by atoms with Gasteiger partial charge in [-0.1, -0.05) is 11.2 Å². The highest BCUT2D eigenvalue weighted by Gasteiger charge is 2.40. The van der Waals surface area contributed by atoms with E-state index in [1.165, 1.54) is 4.88 Å². The first-order valence-corrected chi connectivity index (χ1v) is 10.0. The molecule has 2 saturated heterocycles. The summed E-state index contributed by atoms with van der Waals surface area (Å²) in [6.45, 7) is 3.93. The first kappa shape index (κ1) is 17.3. The molecule has 26 heavy (non-hydrogen) atoms. The fourth-order valence-electron chi connectivity index (χ4n) is 4.13. The Labute approximate surface area is 156 Å². The van der Waals surface area contributed by atoms with Crippen molar-refractivity contribution in [1.82, 2.24) is 15.0 Å². The normalized spacial score (nSPS) is 23.2. The molecule has 0 radical (unpaired) electrons. The maximum Gasteiger partial charge on any atom is 0.292 e. The number of thiophene rings is 1. The third-order valence-corrected chi connectivity index (χ3v) is 6.38. The summed E-state index contributed by atoms with van der Waals surface area (Å²) in [4.78, 5) is 30.3. The number of fused-ring (bicyclic) bond motifs is 1. The van der Waals surface area contributed by atoms with Crippen LogP contribution in [0, 0.1) is 12.8 Å². The van der Waals surface area contributed by atoms with E-state index < -0.39 is 0 Å². The second-order valence-corrected chi connectivity index (χ2v) is 8.19. The van der Waals surface area contributed by atoms with Gasteiger partial charge in [0.1, 0.15) is 0 Å². The summed E-state index contributed by atoms with van der Waals surface area (Å²) in [5.74, 6) is 0.819. The van der Waals surface area contributed by atoms with Crippen LogP contribution < -0.4 is 0 Å². The van der Waals surface area contributed by atoms with Gasteiger partial charge in [-0.15, -0.1) is 11.3 Å². The molecule has 0 spiro atoms. The number of amides is 2. The van der Waals surface area contributed by atoms with E-state index in [0.717, 1.165) is 25.8 Å². The quantitative estimate of drug-likeness (QED) is 0.826. The van der Waals surface area contributed by atoms with E-state index in [4.69, 9.17) is 4.52 Å². The van der Waals surface area contributed by atoms with Crippen LogP contribution in [-0.4, -0.2) is 52.4 Å². The fraction of sp³-hybridized carbons (Fsp3) is 0.526. The van der Waals surface area contributed by atoms with Gasteiger partial charge in [0.2, 0.25) is 11.7 Å². The van der Waals surface area contributed by atoms with Gasteiger partial charge in [-0.2, -0.15) is 0 Å². The number of piperidine rings is 2. The molecule has 2 aromatic heterocycles. The number of rotatable bonds is 4. The van der Waals surface area contributed by atoms with Crippen molar-refractivity contribution in [3.05, 3.63) is 39.9 Å². The van der Waals surface area contributed by atoms with Gasteiger partial charge in [0, 0.05) is 43.0 Å². The van der Waals surface area contributed by atoms with E-state index in [0.29, 0.717) is 36.9 Å². The lowest BCUT2D eigenvalue weighted by atomic mass is 9.83. The molecule has 4 rings (SSSR count). The molecule has 2 aliphatic rings. The van der Waals surface area contributed by atoms with Crippen LogP contribution in [0.15, 0.2) is 28.1 Å². The summed E-state index contributed by atoms with van der Waals surface area (Å²) in [7, 11) is 0. The van der Waals surface area contributed by atoms with Crippen molar-refractivity contribution >= 4 is 23.2 Å². The predicted octanol–water partition coefficient (Wildman–Crippen LogP) is 2.74. The molecule has 2 aliphatic heterocycles. The smallest absolute Gasteiger partial charge is 0.292 e. The van der Waals surface area contributed by atoms with Gasteiger partial charge in [0.25, 0.3) is 5.91 Å². The molecule has 0 bridgehead atoms. The fourth-order valence-corrected chi connectivity index (χ4v) is 4.83. The van der Waals surface area contributed by atoms with Crippen LogP contribution in [0.4, 0.5) is 0 Å². The summed E-state index contributed by atoms with van der Waals surface area (Å²) < 4.78 is 5.13. The van der Waals surface area contributed by atoms with Crippen molar-refractivity contribution in [1.29, 1.82) is 0 Å². The maximum absolute atomic E-state index is 12.6. The monoisotopic (exact) mass is 373 g/mol. The molecule has 2 amide bonds. The Balaban J connectivity index is 1.41. The van der Waals surface area contributed by atoms with Crippen LogP contribution in [0.5, 0.6) is 0 Å². The van der Waals surface area contributed by atoms with Crippen molar-refractivity contribution in [3.8, 4) is 0 Å². The highest BCUT2D eigenvalue weighted by Crippen LogP contribution is 2.32. The van der Waals surface area contributed by atoms with E-state index in [9.17, 15) is 9.59 Å². The molecule has 4 heterocycles. The SMILES string of the molecule is Cc1cc(C(=O)N2CC[C@@H]3[C@@H](CCC(=O)N3CCc3cccs3)C2)on1. The molecule has 0 aromatic carbocycles. The zero-order chi connectivity index (χ0) is 18.1. The van der Waals surface area contributed by atoms with Gasteiger partial charge in [0.15, 0.2) is 0 Å². The molecule has 0 saturated carbocycles. The number of hydrogen-bond donors (Lipinski definition) is 0. The molecule has 6 nitrogen and oxygen atoms in total. The lowest BCUT2D eigenvalue weighted by Crippen LogP contribution is -2.57. The Morgan fingerprint density at radius 3 is 3.04 bits per heavy atom. The summed E-state index contributed by atoms with van der Waals surface area (Å²) in [5, 5.41) is 5.89. The average molecular weight is 373 g/mol. The number of likely N-dealkylation sites (tertiary alicyclic amines) is 2. The average Bonchev–Trinajstić information content (AvgIpc) is 3.31. The molecule has 0 aliphatic carbocycles. The van der Waals surface area contributed by atoms with Crippen molar-refractivity contribution < 1.29 is 14.1 Å². The van der Waals surface area contributed by atoms with Gasteiger partial charge in [-0.05, 0) is 43.6 Å². The number of aryl methyl sites for hydroxylation is 1. The molecule has 0 unspecified atom stereocenters. The standard InChI is InChI=1S/C19H23N3O3S/c1-13-11-17(25-20-13)19(24)21-8-7-16-14(12-21)4-5-18(23)22(16)9-6-15-3-2-10-26-15/h2-3,10-11,14,16H,4-9,12H2,1H3/t14-,16+/m0/s1. The van der Waals surface area contributed by atoms with Gasteiger partial charge in [0.05, 0.1) is 5.69 Å². The topological polar surface area (TPSA) is 66.7 Å². The highest BCUT2D eigenvalue weighted by atomic mass is 32.1. The lowest BCUT2D eigenvalue weighted by Gasteiger charge is -2.47. The summed E-state index contributed by atoms with van der Waals surface area (Å²) in [5.41, 5.74) is 0.714. The van der Waals surface area contributed by atoms with Crippen molar-refractivity contribution in [2.45, 2.75) is 38.6 Å². The number of hydrogen-bond acceptors (Lipinski definition) is 5. The number of aromatic nitrogens is 1. The zero-order valence-electron chi connectivity index (χ0n) is 14.9. The van der Waals surface area contributed by atoms with Crippen LogP contribution in [-0.2, 0) is 11.2 Å². The van der Waals surface area contributed by atoms with E-state index in [1.54, 1.807) is 17.4 Å². The van der Waals surface area contributed by atoms with Crippen LogP contribution in [0.25, 0.3) is 0 Å². The minimum absolute atomic E-state index is 0.0916. The molecule has 2 fully saturated rings. The van der Waals surface area contributed by atoms with Crippen LogP contribution in [0.3, 0.4) is 0 Å². The minimum atomic E-state index is -0.0916. The maximum atomic E-state index is 12.6. The minimum Gasteiger partial charge on any atom is -0.351 e. The second-order valence-electron chi connectivity index (χ2n) is 7.15. The Morgan fingerprint density at radius 2 is 2.31 bits per heavy atom. The van der Waals surface area contributed by atoms with Crippen molar-refractivity contribution in [3.63, 3.8) is 0 Å². The molecule has 2 aromatic rings. The van der Waals surface area contributed by atoms with Crippen LogP contribution in [0.1, 0.15) is 40.4 Å². The Hall–Kier alpha value is -2.15. The van der Waals surface area contributed by atoms with Crippen molar-refractivity contribution in [2.75, 3.05) is 19.6 Å². The Morgan fingerprint density at radius 1 is 1.42 bits per heavy atom. The van der Waals surface area contributed by atoms with E-state index in [1.807, 2.05) is 11.8 Å². The number of carbonyl (C=O) groups is 2. The number of nitrogens with zero attached hydrogens (tertiary/aromatic N) is 3. The number of carbonyl (C=O) groups excluding carboxylic acids is 2. The van der Waals surface area contributed by atoms with Gasteiger partial charge in [-0.25, -0.2) is 0 Å². The molecule has 0 N–H and O–H groups in total. The lowest BCUT2D eigenvalue weighted by molar-refractivity contribution is -0.140. The van der Waals surface area contributed by atoms with Gasteiger partial charge in [-0.3, -0.25) is 9.59 Å². The molecular formula is C19H23N3O3S. The first-order chi connectivity index (χ1) is 12.6. The van der Waals surface area contributed by atoms with E-state index >= 15 is 0 Å². The third kappa shape index (κ3) is 3.40. The molecule has 138 valence electrons. The second kappa shape index (κ2) is 7.23. The predicted molar refractivity (Wildman–Crippen MR) is 98.0 cm³/mol. The Kier molecular flexibility index (Phi) is 4.80. The largest absolute Gasteiger partial charge is 0.351 e. The molecule has 7 heteroatoms.